The van der Waals surface area contributed by atoms with Crippen LogP contribution in [-0.2, 0) is 0 Å². The standard InChI is InChI=1S/C17H15N5O3/c1-11-6-7-16(22(24)25)15(8-11)17(23)19-13-4-3-5-14(9-13)21-10-18-20-12(21)2/h3-10H,1-2H3,(H,19,23). The number of rotatable bonds is 4. The van der Waals surface area contributed by atoms with Gasteiger partial charge in [0.15, 0.2) is 0 Å². The Balaban J connectivity index is 1.91. The summed E-state index contributed by atoms with van der Waals surface area (Å²) < 4.78 is 1.77. The summed E-state index contributed by atoms with van der Waals surface area (Å²) in [6, 6.07) is 11.5. The topological polar surface area (TPSA) is 103 Å². The molecule has 0 spiro atoms. The van der Waals surface area contributed by atoms with Crippen molar-refractivity contribution in [3.8, 4) is 5.69 Å². The van der Waals surface area contributed by atoms with Crippen molar-refractivity contribution in [3.05, 3.63) is 75.9 Å². The Hall–Kier alpha value is -3.55. The fraction of sp³-hybridized carbons (Fsp3) is 0.118. The van der Waals surface area contributed by atoms with Gasteiger partial charge in [-0.1, -0.05) is 12.1 Å². The van der Waals surface area contributed by atoms with E-state index in [0.29, 0.717) is 11.5 Å². The van der Waals surface area contributed by atoms with E-state index in [1.807, 2.05) is 13.0 Å². The van der Waals surface area contributed by atoms with Crippen molar-refractivity contribution in [2.45, 2.75) is 13.8 Å². The van der Waals surface area contributed by atoms with Gasteiger partial charge in [0, 0.05) is 11.8 Å². The third-order valence-corrected chi connectivity index (χ3v) is 3.69. The van der Waals surface area contributed by atoms with Crippen LogP contribution in [0.2, 0.25) is 0 Å². The van der Waals surface area contributed by atoms with E-state index in [1.54, 1.807) is 42.1 Å². The number of nitro groups is 1. The maximum absolute atomic E-state index is 12.5. The Morgan fingerprint density at radius 3 is 2.68 bits per heavy atom. The Labute approximate surface area is 143 Å². The molecule has 0 aliphatic rings. The first-order valence-electron chi connectivity index (χ1n) is 7.49. The van der Waals surface area contributed by atoms with Gasteiger partial charge in [0.1, 0.15) is 17.7 Å². The zero-order valence-corrected chi connectivity index (χ0v) is 13.6. The Kier molecular flexibility index (Phi) is 4.25. The summed E-state index contributed by atoms with van der Waals surface area (Å²) >= 11 is 0. The monoisotopic (exact) mass is 337 g/mol. The van der Waals surface area contributed by atoms with Crippen LogP contribution in [0.15, 0.2) is 48.8 Å². The van der Waals surface area contributed by atoms with Crippen LogP contribution in [0.25, 0.3) is 5.69 Å². The van der Waals surface area contributed by atoms with Gasteiger partial charge >= 0.3 is 0 Å². The van der Waals surface area contributed by atoms with Crippen LogP contribution in [0.4, 0.5) is 11.4 Å². The predicted octanol–water partition coefficient (Wildman–Crippen LogP) is 3.04. The maximum atomic E-state index is 12.5. The lowest BCUT2D eigenvalue weighted by Crippen LogP contribution is -2.14. The molecular formula is C17H15N5O3. The van der Waals surface area contributed by atoms with E-state index in [2.05, 4.69) is 15.5 Å². The number of nitro benzene ring substituents is 1. The number of aryl methyl sites for hydroxylation is 2. The quantitative estimate of drug-likeness (QED) is 0.582. The summed E-state index contributed by atoms with van der Waals surface area (Å²) in [6.45, 7) is 3.59. The number of aromatic nitrogens is 3. The van der Waals surface area contributed by atoms with Gasteiger partial charge < -0.3 is 5.32 Å². The first-order valence-corrected chi connectivity index (χ1v) is 7.49. The van der Waals surface area contributed by atoms with Gasteiger partial charge in [-0.15, -0.1) is 10.2 Å². The van der Waals surface area contributed by atoms with E-state index in [1.165, 1.54) is 12.1 Å². The van der Waals surface area contributed by atoms with Crippen LogP contribution >= 0.6 is 0 Å². The third kappa shape index (κ3) is 3.37. The van der Waals surface area contributed by atoms with Crippen molar-refractivity contribution in [2.75, 3.05) is 5.32 Å². The van der Waals surface area contributed by atoms with Crippen molar-refractivity contribution >= 4 is 17.3 Å². The number of hydrogen-bond donors (Lipinski definition) is 1. The van der Waals surface area contributed by atoms with E-state index in [9.17, 15) is 14.9 Å². The van der Waals surface area contributed by atoms with E-state index >= 15 is 0 Å². The number of carbonyl (C=O) groups excluding carboxylic acids is 1. The molecule has 8 heteroatoms. The minimum absolute atomic E-state index is 0.0240. The molecule has 1 aromatic heterocycles. The number of hydrogen-bond acceptors (Lipinski definition) is 5. The molecule has 3 rings (SSSR count). The summed E-state index contributed by atoms with van der Waals surface area (Å²) in [5.74, 6) is 0.172. The minimum atomic E-state index is -0.564. The SMILES string of the molecule is Cc1ccc([N+](=O)[O-])c(C(=O)Nc2cccc(-n3cnnc3C)c2)c1. The molecule has 3 aromatic rings. The molecule has 8 nitrogen and oxygen atoms in total. The first-order chi connectivity index (χ1) is 12.0. The average molecular weight is 337 g/mol. The lowest BCUT2D eigenvalue weighted by atomic mass is 10.1. The number of anilines is 1. The summed E-state index contributed by atoms with van der Waals surface area (Å²) in [4.78, 5) is 23.1. The highest BCUT2D eigenvalue weighted by Gasteiger charge is 2.20. The number of benzene rings is 2. The third-order valence-electron chi connectivity index (χ3n) is 3.69. The van der Waals surface area contributed by atoms with Crippen molar-refractivity contribution in [1.29, 1.82) is 0 Å². The zero-order chi connectivity index (χ0) is 18.0. The fourth-order valence-electron chi connectivity index (χ4n) is 2.47. The first kappa shape index (κ1) is 16.3. The molecule has 1 amide bonds. The molecule has 0 saturated heterocycles. The van der Waals surface area contributed by atoms with E-state index in [0.717, 1.165) is 11.3 Å². The van der Waals surface area contributed by atoms with E-state index in [-0.39, 0.29) is 11.3 Å². The van der Waals surface area contributed by atoms with Crippen LogP contribution in [0.5, 0.6) is 0 Å². The van der Waals surface area contributed by atoms with Crippen molar-refractivity contribution in [3.63, 3.8) is 0 Å². The molecule has 0 aliphatic heterocycles. The molecule has 1 heterocycles. The lowest BCUT2D eigenvalue weighted by Gasteiger charge is -2.09. The number of nitrogens with one attached hydrogen (secondary N) is 1. The number of amides is 1. The second-order valence-corrected chi connectivity index (χ2v) is 5.53. The largest absolute Gasteiger partial charge is 0.322 e. The Bertz CT molecular complexity index is 964. The van der Waals surface area contributed by atoms with E-state index in [4.69, 9.17) is 0 Å². The molecule has 0 radical (unpaired) electrons. The Morgan fingerprint density at radius 1 is 1.20 bits per heavy atom. The molecule has 2 aromatic carbocycles. The lowest BCUT2D eigenvalue weighted by molar-refractivity contribution is -0.385. The van der Waals surface area contributed by atoms with Gasteiger partial charge in [-0.25, -0.2) is 0 Å². The van der Waals surface area contributed by atoms with Crippen molar-refractivity contribution in [1.82, 2.24) is 14.8 Å². The maximum Gasteiger partial charge on any atom is 0.282 e. The average Bonchev–Trinajstić information content (AvgIpc) is 3.00. The van der Waals surface area contributed by atoms with Gasteiger partial charge in [-0.2, -0.15) is 0 Å². The smallest absolute Gasteiger partial charge is 0.282 e. The van der Waals surface area contributed by atoms with Crippen LogP contribution in [0.3, 0.4) is 0 Å². The molecule has 0 bridgehead atoms. The van der Waals surface area contributed by atoms with Gasteiger partial charge in [-0.3, -0.25) is 19.5 Å². The summed E-state index contributed by atoms with van der Waals surface area (Å²) in [5, 5.41) is 21.6. The second kappa shape index (κ2) is 6.52. The minimum Gasteiger partial charge on any atom is -0.322 e. The number of nitrogens with zero attached hydrogens (tertiary/aromatic N) is 4. The van der Waals surface area contributed by atoms with Gasteiger partial charge in [-0.05, 0) is 43.7 Å². The van der Waals surface area contributed by atoms with Gasteiger partial charge in [0.2, 0.25) is 0 Å². The zero-order valence-electron chi connectivity index (χ0n) is 13.6. The van der Waals surface area contributed by atoms with Gasteiger partial charge in [0.25, 0.3) is 11.6 Å². The fourth-order valence-corrected chi connectivity index (χ4v) is 2.47. The van der Waals surface area contributed by atoms with Crippen LogP contribution in [0, 0.1) is 24.0 Å². The van der Waals surface area contributed by atoms with Crippen molar-refractivity contribution < 1.29 is 9.72 Å². The number of carbonyl (C=O) groups is 1. The van der Waals surface area contributed by atoms with Crippen LogP contribution < -0.4 is 5.32 Å². The summed E-state index contributed by atoms with van der Waals surface area (Å²) in [6.07, 6.45) is 1.57. The highest BCUT2D eigenvalue weighted by molar-refractivity contribution is 6.07. The normalized spacial score (nSPS) is 10.5. The molecular weight excluding hydrogens is 322 g/mol. The molecule has 0 aliphatic carbocycles. The van der Waals surface area contributed by atoms with E-state index < -0.39 is 10.8 Å². The van der Waals surface area contributed by atoms with Gasteiger partial charge in [0.05, 0.1) is 10.6 Å². The molecule has 0 saturated carbocycles. The summed E-state index contributed by atoms with van der Waals surface area (Å²) in [5.41, 5.74) is 1.86. The Morgan fingerprint density at radius 2 is 2.00 bits per heavy atom. The highest BCUT2D eigenvalue weighted by atomic mass is 16.6. The van der Waals surface area contributed by atoms with Crippen LogP contribution in [0.1, 0.15) is 21.7 Å². The highest BCUT2D eigenvalue weighted by Crippen LogP contribution is 2.22. The molecule has 126 valence electrons. The van der Waals surface area contributed by atoms with Crippen molar-refractivity contribution in [2.24, 2.45) is 0 Å². The molecule has 0 atom stereocenters. The van der Waals surface area contributed by atoms with Crippen LogP contribution in [-0.4, -0.2) is 25.6 Å². The molecule has 0 fully saturated rings. The molecule has 25 heavy (non-hydrogen) atoms. The summed E-state index contributed by atoms with van der Waals surface area (Å²) in [7, 11) is 0. The molecule has 1 N–H and O–H groups in total. The predicted molar refractivity (Wildman–Crippen MR) is 91.9 cm³/mol. The second-order valence-electron chi connectivity index (χ2n) is 5.53. The molecule has 0 unspecified atom stereocenters.